The number of para-hydroxylation sites is 1. The molecule has 6 heteroatoms. The summed E-state index contributed by atoms with van der Waals surface area (Å²) in [5, 5.41) is 4.77. The van der Waals surface area contributed by atoms with E-state index in [9.17, 15) is 8.42 Å². The number of aryl methyl sites for hydroxylation is 1. The first-order valence-corrected chi connectivity index (χ1v) is 11.1. The lowest BCUT2D eigenvalue weighted by Gasteiger charge is -2.17. The normalized spacial score (nSPS) is 11.7. The fourth-order valence-corrected chi connectivity index (χ4v) is 4.44. The van der Waals surface area contributed by atoms with Crippen LogP contribution in [0.25, 0.3) is 16.9 Å². The molecule has 0 amide bonds. The molecule has 1 heterocycles. The zero-order chi connectivity index (χ0) is 21.1. The topological polar surface area (TPSA) is 55.2 Å². The fourth-order valence-electron chi connectivity index (χ4n) is 3.29. The monoisotopic (exact) mass is 417 g/mol. The van der Waals surface area contributed by atoms with Gasteiger partial charge in [0.25, 0.3) is 0 Å². The maximum atomic E-state index is 13.1. The third-order valence-electron chi connectivity index (χ3n) is 4.98. The Bertz CT molecular complexity index is 1230. The van der Waals surface area contributed by atoms with Crippen LogP contribution in [0.2, 0.25) is 0 Å². The van der Waals surface area contributed by atoms with E-state index in [1.807, 2.05) is 85.9 Å². The third-order valence-corrected chi connectivity index (χ3v) is 6.80. The van der Waals surface area contributed by atoms with Crippen molar-refractivity contribution in [3.63, 3.8) is 0 Å². The summed E-state index contributed by atoms with van der Waals surface area (Å²) in [6.07, 6.45) is 1.90. The molecule has 0 spiro atoms. The van der Waals surface area contributed by atoms with Crippen molar-refractivity contribution in [2.45, 2.75) is 18.4 Å². The minimum Gasteiger partial charge on any atom is -0.240 e. The Morgan fingerprint density at radius 1 is 0.867 bits per heavy atom. The van der Waals surface area contributed by atoms with E-state index >= 15 is 0 Å². The lowest BCUT2D eigenvalue weighted by atomic mass is 10.1. The van der Waals surface area contributed by atoms with Gasteiger partial charge >= 0.3 is 0 Å². The van der Waals surface area contributed by atoms with E-state index < -0.39 is 10.0 Å². The molecule has 0 aliphatic rings. The molecule has 4 rings (SSSR count). The van der Waals surface area contributed by atoms with Crippen molar-refractivity contribution in [3.05, 3.63) is 102 Å². The number of sulfonamides is 1. The van der Waals surface area contributed by atoms with Gasteiger partial charge in [-0.05, 0) is 31.2 Å². The Morgan fingerprint density at radius 3 is 2.10 bits per heavy atom. The van der Waals surface area contributed by atoms with Gasteiger partial charge in [0.05, 0.1) is 16.3 Å². The molecule has 0 fully saturated rings. The summed E-state index contributed by atoms with van der Waals surface area (Å²) in [4.78, 5) is 0.285. The van der Waals surface area contributed by atoms with Crippen molar-refractivity contribution in [3.8, 4) is 16.9 Å². The summed E-state index contributed by atoms with van der Waals surface area (Å²) in [6, 6.07) is 26.5. The SMILES string of the molecule is Cc1ccc(S(=O)(=O)N(C)Cc2cn(-c3ccccc3)nc2-c2ccccc2)cc1. The molecule has 0 bridgehead atoms. The minimum atomic E-state index is -3.61. The van der Waals surface area contributed by atoms with E-state index in [-0.39, 0.29) is 11.4 Å². The van der Waals surface area contributed by atoms with Crippen molar-refractivity contribution in [1.29, 1.82) is 0 Å². The maximum Gasteiger partial charge on any atom is 0.243 e. The van der Waals surface area contributed by atoms with Gasteiger partial charge in [-0.25, -0.2) is 13.1 Å². The highest BCUT2D eigenvalue weighted by molar-refractivity contribution is 7.89. The van der Waals surface area contributed by atoms with Gasteiger partial charge in [0, 0.05) is 30.9 Å². The molecule has 0 saturated heterocycles. The Labute approximate surface area is 177 Å². The van der Waals surface area contributed by atoms with Gasteiger partial charge in [-0.3, -0.25) is 0 Å². The van der Waals surface area contributed by atoms with E-state index in [0.717, 1.165) is 28.1 Å². The standard InChI is InChI=1S/C24H23N3O2S/c1-19-13-15-23(16-14-19)30(28,29)26(2)17-21-18-27(22-11-7-4-8-12-22)25-24(21)20-9-5-3-6-10-20/h3-16,18H,17H2,1-2H3. The van der Waals surface area contributed by atoms with E-state index in [4.69, 9.17) is 5.10 Å². The number of rotatable bonds is 6. The van der Waals surface area contributed by atoms with Crippen molar-refractivity contribution in [2.75, 3.05) is 7.05 Å². The van der Waals surface area contributed by atoms with Crippen LogP contribution in [0.4, 0.5) is 0 Å². The van der Waals surface area contributed by atoms with Crippen molar-refractivity contribution >= 4 is 10.0 Å². The summed E-state index contributed by atoms with van der Waals surface area (Å²) >= 11 is 0. The highest BCUT2D eigenvalue weighted by atomic mass is 32.2. The van der Waals surface area contributed by atoms with E-state index in [1.165, 1.54) is 4.31 Å². The molecule has 0 saturated carbocycles. The number of hydrogen-bond acceptors (Lipinski definition) is 3. The average Bonchev–Trinajstić information content (AvgIpc) is 3.19. The molecular formula is C24H23N3O2S. The number of aromatic nitrogens is 2. The van der Waals surface area contributed by atoms with Gasteiger partial charge in [-0.15, -0.1) is 0 Å². The average molecular weight is 418 g/mol. The van der Waals surface area contributed by atoms with E-state index in [1.54, 1.807) is 23.9 Å². The van der Waals surface area contributed by atoms with Crippen LogP contribution in [-0.4, -0.2) is 29.6 Å². The molecule has 0 N–H and O–H groups in total. The first-order valence-electron chi connectivity index (χ1n) is 9.67. The zero-order valence-electron chi connectivity index (χ0n) is 16.9. The minimum absolute atomic E-state index is 0.216. The molecule has 1 aromatic heterocycles. The van der Waals surface area contributed by atoms with Crippen molar-refractivity contribution in [1.82, 2.24) is 14.1 Å². The zero-order valence-corrected chi connectivity index (χ0v) is 17.8. The van der Waals surface area contributed by atoms with Crippen LogP contribution < -0.4 is 0 Å². The largest absolute Gasteiger partial charge is 0.243 e. The van der Waals surface area contributed by atoms with Crippen LogP contribution in [0, 0.1) is 6.92 Å². The van der Waals surface area contributed by atoms with Gasteiger partial charge < -0.3 is 0 Å². The first-order chi connectivity index (χ1) is 14.4. The molecule has 5 nitrogen and oxygen atoms in total. The summed E-state index contributed by atoms with van der Waals surface area (Å²) < 4.78 is 29.3. The molecule has 0 aliphatic heterocycles. The van der Waals surface area contributed by atoms with Crippen LogP contribution >= 0.6 is 0 Å². The molecule has 152 valence electrons. The Kier molecular flexibility index (Phi) is 5.53. The van der Waals surface area contributed by atoms with Crippen molar-refractivity contribution in [2.24, 2.45) is 0 Å². The molecule has 0 atom stereocenters. The molecule has 0 unspecified atom stereocenters. The molecule has 30 heavy (non-hydrogen) atoms. The first kappa shape index (κ1) is 20.1. The summed E-state index contributed by atoms with van der Waals surface area (Å²) in [6.45, 7) is 2.15. The Morgan fingerprint density at radius 2 is 1.47 bits per heavy atom. The highest BCUT2D eigenvalue weighted by Crippen LogP contribution is 2.26. The van der Waals surface area contributed by atoms with Crippen LogP contribution in [0.15, 0.2) is 96.0 Å². The second-order valence-corrected chi connectivity index (χ2v) is 9.27. The van der Waals surface area contributed by atoms with Gasteiger partial charge in [-0.1, -0.05) is 66.2 Å². The Balaban J connectivity index is 1.72. The summed E-state index contributed by atoms with van der Waals surface area (Å²) in [7, 11) is -2.01. The molecule has 0 aliphatic carbocycles. The van der Waals surface area contributed by atoms with Crippen LogP contribution in [-0.2, 0) is 16.6 Å². The van der Waals surface area contributed by atoms with Crippen LogP contribution in [0.5, 0.6) is 0 Å². The number of benzene rings is 3. The van der Waals surface area contributed by atoms with E-state index in [0.29, 0.717) is 0 Å². The van der Waals surface area contributed by atoms with Gasteiger partial charge in [0.1, 0.15) is 0 Å². The fraction of sp³-hybridized carbons (Fsp3) is 0.125. The van der Waals surface area contributed by atoms with Crippen LogP contribution in [0.3, 0.4) is 0 Å². The second-order valence-electron chi connectivity index (χ2n) is 7.22. The predicted octanol–water partition coefficient (Wildman–Crippen LogP) is 4.67. The van der Waals surface area contributed by atoms with Gasteiger partial charge in [0.15, 0.2) is 0 Å². The quantitative estimate of drug-likeness (QED) is 0.458. The van der Waals surface area contributed by atoms with Gasteiger partial charge in [0.2, 0.25) is 10.0 Å². The predicted molar refractivity (Wildman–Crippen MR) is 119 cm³/mol. The summed E-state index contributed by atoms with van der Waals surface area (Å²) in [5.41, 5.74) is 4.49. The van der Waals surface area contributed by atoms with E-state index in [2.05, 4.69) is 0 Å². The highest BCUT2D eigenvalue weighted by Gasteiger charge is 2.23. The molecule has 0 radical (unpaired) electrons. The molecule has 3 aromatic carbocycles. The second kappa shape index (κ2) is 8.26. The molecular weight excluding hydrogens is 394 g/mol. The number of nitrogens with zero attached hydrogens (tertiary/aromatic N) is 3. The van der Waals surface area contributed by atoms with Crippen molar-refractivity contribution < 1.29 is 8.42 Å². The lowest BCUT2D eigenvalue weighted by Crippen LogP contribution is -2.26. The lowest BCUT2D eigenvalue weighted by molar-refractivity contribution is 0.467. The number of hydrogen-bond donors (Lipinski definition) is 0. The smallest absolute Gasteiger partial charge is 0.240 e. The third kappa shape index (κ3) is 4.06. The Hall–Kier alpha value is -3.22. The van der Waals surface area contributed by atoms with Gasteiger partial charge in [-0.2, -0.15) is 9.40 Å². The maximum absolute atomic E-state index is 13.1. The molecule has 4 aromatic rings. The van der Waals surface area contributed by atoms with Crippen LogP contribution in [0.1, 0.15) is 11.1 Å². The summed E-state index contributed by atoms with van der Waals surface area (Å²) in [5.74, 6) is 0.